The minimum atomic E-state index is -3.11. The predicted molar refractivity (Wildman–Crippen MR) is 130 cm³/mol. The van der Waals surface area contributed by atoms with Gasteiger partial charge in [-0.3, -0.25) is 4.79 Å². The molecule has 2 aliphatic heterocycles. The number of aryl methyl sites for hydroxylation is 1. The lowest BCUT2D eigenvalue weighted by atomic mass is 10.1. The molecule has 8 heteroatoms. The lowest BCUT2D eigenvalue weighted by Gasteiger charge is -2.25. The van der Waals surface area contributed by atoms with Gasteiger partial charge < -0.3 is 9.64 Å². The van der Waals surface area contributed by atoms with E-state index in [2.05, 4.69) is 11.9 Å². The summed E-state index contributed by atoms with van der Waals surface area (Å²) in [6.45, 7) is 4.75. The van der Waals surface area contributed by atoms with Crippen molar-refractivity contribution >= 4 is 38.4 Å². The summed E-state index contributed by atoms with van der Waals surface area (Å²) in [5, 5.41) is 0.438. The number of amides is 1. The van der Waals surface area contributed by atoms with E-state index in [1.54, 1.807) is 0 Å². The maximum absolute atomic E-state index is 12.7. The number of fused-ring (bicyclic) bond motifs is 1. The molecule has 0 aromatic heterocycles. The largest absolute Gasteiger partial charge is 0.494 e. The number of amidine groups is 1. The number of thioether (sulfide) groups is 1. The lowest BCUT2D eigenvalue weighted by Crippen LogP contribution is -2.37. The van der Waals surface area contributed by atoms with Crippen molar-refractivity contribution < 1.29 is 17.9 Å². The smallest absolute Gasteiger partial charge is 0.252 e. The highest BCUT2D eigenvalue weighted by Crippen LogP contribution is 2.41. The van der Waals surface area contributed by atoms with Gasteiger partial charge in [0.2, 0.25) is 0 Å². The van der Waals surface area contributed by atoms with Crippen LogP contribution in [0.25, 0.3) is 0 Å². The van der Waals surface area contributed by atoms with Gasteiger partial charge in [0.15, 0.2) is 15.0 Å². The van der Waals surface area contributed by atoms with Crippen LogP contribution in [0.3, 0.4) is 0 Å². The maximum Gasteiger partial charge on any atom is 0.252 e. The van der Waals surface area contributed by atoms with Crippen LogP contribution >= 0.6 is 11.8 Å². The highest BCUT2D eigenvalue weighted by molar-refractivity contribution is 8.16. The topological polar surface area (TPSA) is 76.0 Å². The number of anilines is 1. The fourth-order valence-electron chi connectivity index (χ4n) is 3.95. The molecular formula is C24H28N2O4S2. The lowest BCUT2D eigenvalue weighted by molar-refractivity contribution is -0.117. The molecule has 2 fully saturated rings. The predicted octanol–water partition coefficient (Wildman–Crippen LogP) is 4.02. The van der Waals surface area contributed by atoms with Crippen molar-refractivity contribution in [1.29, 1.82) is 0 Å². The third-order valence-corrected chi connectivity index (χ3v) is 8.84. The van der Waals surface area contributed by atoms with Crippen LogP contribution in [0.1, 0.15) is 30.9 Å². The van der Waals surface area contributed by atoms with E-state index in [4.69, 9.17) is 4.74 Å². The maximum atomic E-state index is 12.7. The van der Waals surface area contributed by atoms with E-state index < -0.39 is 9.84 Å². The van der Waals surface area contributed by atoms with E-state index in [0.717, 1.165) is 35.4 Å². The molecule has 0 bridgehead atoms. The van der Waals surface area contributed by atoms with E-state index in [-0.39, 0.29) is 35.1 Å². The summed E-state index contributed by atoms with van der Waals surface area (Å²) in [5.41, 5.74) is 2.85. The summed E-state index contributed by atoms with van der Waals surface area (Å²) in [4.78, 5) is 19.1. The van der Waals surface area contributed by atoms with Crippen molar-refractivity contribution in [3.05, 3.63) is 59.7 Å². The minimum absolute atomic E-state index is 0.0662. The molecule has 0 unspecified atom stereocenters. The van der Waals surface area contributed by atoms with E-state index in [0.29, 0.717) is 11.8 Å². The number of ether oxygens (including phenoxy) is 1. The summed E-state index contributed by atoms with van der Waals surface area (Å²) < 4.78 is 30.4. The highest BCUT2D eigenvalue weighted by atomic mass is 32.2. The van der Waals surface area contributed by atoms with Gasteiger partial charge >= 0.3 is 0 Å². The second-order valence-electron chi connectivity index (χ2n) is 8.32. The number of aliphatic imine (C=N–C) groups is 1. The molecule has 32 heavy (non-hydrogen) atoms. The number of rotatable bonds is 7. The average molecular weight is 473 g/mol. The zero-order chi connectivity index (χ0) is 22.7. The normalized spacial score (nSPS) is 22.8. The summed E-state index contributed by atoms with van der Waals surface area (Å²) in [7, 11) is -3.11. The first kappa shape index (κ1) is 22.9. The summed E-state index contributed by atoms with van der Waals surface area (Å²) in [6.07, 6.45) is 2.23. The number of hydrogen-bond acceptors (Lipinski definition) is 5. The molecule has 4 rings (SSSR count). The van der Waals surface area contributed by atoms with E-state index in [1.165, 1.54) is 11.8 Å². The number of benzene rings is 2. The number of unbranched alkanes of at least 4 members (excludes halogenated alkanes) is 1. The Balaban J connectivity index is 1.60. The van der Waals surface area contributed by atoms with Crippen LogP contribution in [0.15, 0.2) is 53.5 Å². The Morgan fingerprint density at radius 2 is 1.97 bits per heavy atom. The van der Waals surface area contributed by atoms with Gasteiger partial charge in [0.1, 0.15) is 5.75 Å². The van der Waals surface area contributed by atoms with Crippen LogP contribution in [0.5, 0.6) is 5.75 Å². The standard InChI is InChI=1S/C24H28N2O4S2/c1-3-4-12-30-20-7-5-6-19(14-20)26-21-15-32(28,29)16-22(21)31-24(26)25-23(27)13-18-10-8-17(2)9-11-18/h5-11,14,21-22H,3-4,12-13,15-16H2,1-2H3/t21-,22-/m1/s1. The van der Waals surface area contributed by atoms with Gasteiger partial charge in [0.05, 0.1) is 30.6 Å². The van der Waals surface area contributed by atoms with Gasteiger partial charge in [-0.25, -0.2) is 8.42 Å². The summed E-state index contributed by atoms with van der Waals surface area (Å²) >= 11 is 1.39. The first-order valence-corrected chi connectivity index (χ1v) is 13.6. The van der Waals surface area contributed by atoms with Crippen LogP contribution in [-0.4, -0.2) is 48.9 Å². The van der Waals surface area contributed by atoms with Crippen LogP contribution in [0.2, 0.25) is 0 Å². The van der Waals surface area contributed by atoms with Crippen LogP contribution in [-0.2, 0) is 21.1 Å². The second kappa shape index (κ2) is 9.67. The Morgan fingerprint density at radius 1 is 1.19 bits per heavy atom. The highest BCUT2D eigenvalue weighted by Gasteiger charge is 2.49. The molecule has 0 aliphatic carbocycles. The average Bonchev–Trinajstić information content (AvgIpc) is 3.20. The third-order valence-electron chi connectivity index (χ3n) is 5.63. The summed E-state index contributed by atoms with van der Waals surface area (Å²) in [5.74, 6) is 0.670. The Morgan fingerprint density at radius 3 is 2.72 bits per heavy atom. The fraction of sp³-hybridized carbons (Fsp3) is 0.417. The second-order valence-corrected chi connectivity index (χ2v) is 11.7. The Hall–Kier alpha value is -2.32. The number of sulfone groups is 1. The monoisotopic (exact) mass is 472 g/mol. The number of hydrogen-bond donors (Lipinski definition) is 0. The molecule has 0 saturated carbocycles. The first-order valence-electron chi connectivity index (χ1n) is 10.9. The van der Waals surface area contributed by atoms with Crippen LogP contribution in [0.4, 0.5) is 5.69 Å². The van der Waals surface area contributed by atoms with Crippen molar-refractivity contribution in [1.82, 2.24) is 0 Å². The van der Waals surface area contributed by atoms with Gasteiger partial charge in [-0.2, -0.15) is 4.99 Å². The quantitative estimate of drug-likeness (QED) is 0.567. The van der Waals surface area contributed by atoms with Crippen molar-refractivity contribution in [2.45, 2.75) is 44.4 Å². The Labute approximate surface area is 194 Å². The first-order chi connectivity index (χ1) is 15.3. The Bertz CT molecular complexity index is 1110. The molecule has 2 aliphatic rings. The van der Waals surface area contributed by atoms with Gasteiger partial charge in [-0.1, -0.05) is 61.0 Å². The fourth-order valence-corrected chi connectivity index (χ4v) is 7.88. The van der Waals surface area contributed by atoms with Gasteiger partial charge in [-0.05, 0) is 31.0 Å². The van der Waals surface area contributed by atoms with E-state index in [9.17, 15) is 13.2 Å². The van der Waals surface area contributed by atoms with Crippen molar-refractivity contribution in [3.8, 4) is 5.75 Å². The molecule has 2 atom stereocenters. The molecule has 170 valence electrons. The van der Waals surface area contributed by atoms with Crippen LogP contribution in [0, 0.1) is 6.92 Å². The molecule has 2 aromatic rings. The molecular weight excluding hydrogens is 444 g/mol. The molecule has 2 heterocycles. The third kappa shape index (κ3) is 5.35. The van der Waals surface area contributed by atoms with Crippen molar-refractivity contribution in [2.24, 2.45) is 4.99 Å². The molecule has 0 spiro atoms. The minimum Gasteiger partial charge on any atom is -0.494 e. The number of carbonyl (C=O) groups is 1. The molecule has 2 saturated heterocycles. The number of nitrogens with zero attached hydrogens (tertiary/aromatic N) is 2. The molecule has 1 amide bonds. The zero-order valence-corrected chi connectivity index (χ0v) is 20.0. The number of carbonyl (C=O) groups excluding carboxylic acids is 1. The van der Waals surface area contributed by atoms with Crippen molar-refractivity contribution in [2.75, 3.05) is 23.0 Å². The molecule has 2 aromatic carbocycles. The van der Waals surface area contributed by atoms with Gasteiger partial charge in [0, 0.05) is 17.0 Å². The van der Waals surface area contributed by atoms with E-state index >= 15 is 0 Å². The van der Waals surface area contributed by atoms with Crippen LogP contribution < -0.4 is 9.64 Å². The Kier molecular flexibility index (Phi) is 6.90. The van der Waals surface area contributed by atoms with Crippen molar-refractivity contribution in [3.63, 3.8) is 0 Å². The summed E-state index contributed by atoms with van der Waals surface area (Å²) in [6, 6.07) is 15.2. The molecule has 6 nitrogen and oxygen atoms in total. The zero-order valence-electron chi connectivity index (χ0n) is 18.4. The van der Waals surface area contributed by atoms with E-state index in [1.807, 2.05) is 60.4 Å². The SMILES string of the molecule is CCCCOc1cccc(N2C(=NC(=O)Cc3ccc(C)cc3)S[C@@H]3CS(=O)(=O)C[C@H]32)c1. The van der Waals surface area contributed by atoms with Gasteiger partial charge in [0.25, 0.3) is 5.91 Å². The van der Waals surface area contributed by atoms with Gasteiger partial charge in [-0.15, -0.1) is 0 Å². The molecule has 0 radical (unpaired) electrons. The molecule has 0 N–H and O–H groups in total.